The molecule has 26 heavy (non-hydrogen) atoms. The number of hydrogen-bond acceptors (Lipinski definition) is 4. The third-order valence-electron chi connectivity index (χ3n) is 4.86. The average Bonchev–Trinajstić information content (AvgIpc) is 3.12. The molecule has 2 aromatic rings. The summed E-state index contributed by atoms with van der Waals surface area (Å²) >= 11 is 0. The number of sulfonamides is 1. The molecule has 1 aromatic heterocycles. The SMILES string of the molecule is CCn1ccnc1[C@@H]1CCCN(S(=O)(=O)CCOc2ccc(C)cc2)C1. The summed E-state index contributed by atoms with van der Waals surface area (Å²) in [4.78, 5) is 4.45. The van der Waals surface area contributed by atoms with Gasteiger partial charge >= 0.3 is 0 Å². The van der Waals surface area contributed by atoms with Crippen LogP contribution in [0.5, 0.6) is 5.75 Å². The maximum absolute atomic E-state index is 12.7. The predicted molar refractivity (Wildman–Crippen MR) is 102 cm³/mol. The van der Waals surface area contributed by atoms with Crippen LogP contribution in [0.25, 0.3) is 0 Å². The Kier molecular flexibility index (Phi) is 5.98. The van der Waals surface area contributed by atoms with Crippen molar-refractivity contribution in [3.63, 3.8) is 0 Å². The Labute approximate surface area is 155 Å². The van der Waals surface area contributed by atoms with Crippen LogP contribution in [-0.4, -0.2) is 47.7 Å². The van der Waals surface area contributed by atoms with Gasteiger partial charge in [0.1, 0.15) is 18.2 Å². The maximum Gasteiger partial charge on any atom is 0.217 e. The molecule has 7 heteroatoms. The van der Waals surface area contributed by atoms with E-state index in [2.05, 4.69) is 16.5 Å². The standard InChI is InChI=1S/C19H27N3O3S/c1-3-21-12-10-20-19(21)17-5-4-11-22(15-17)26(23,24)14-13-25-18-8-6-16(2)7-9-18/h6-10,12,17H,3-5,11,13-15H2,1-2H3/t17-/m1/s1. The highest BCUT2D eigenvalue weighted by Gasteiger charge is 2.31. The monoisotopic (exact) mass is 377 g/mol. The lowest BCUT2D eigenvalue weighted by Crippen LogP contribution is -2.41. The fraction of sp³-hybridized carbons (Fsp3) is 0.526. The van der Waals surface area contributed by atoms with Crippen molar-refractivity contribution in [3.8, 4) is 5.75 Å². The second kappa shape index (κ2) is 8.22. The lowest BCUT2D eigenvalue weighted by molar-refractivity contribution is 0.297. The highest BCUT2D eigenvalue weighted by Crippen LogP contribution is 2.27. The number of aryl methyl sites for hydroxylation is 2. The summed E-state index contributed by atoms with van der Waals surface area (Å²) in [6.45, 7) is 6.18. The first-order valence-corrected chi connectivity index (χ1v) is 10.8. The van der Waals surface area contributed by atoms with Crippen molar-refractivity contribution in [2.24, 2.45) is 0 Å². The smallest absolute Gasteiger partial charge is 0.217 e. The molecule has 0 saturated carbocycles. The van der Waals surface area contributed by atoms with Crippen LogP contribution in [0.15, 0.2) is 36.7 Å². The van der Waals surface area contributed by atoms with Crippen molar-refractivity contribution < 1.29 is 13.2 Å². The quantitative estimate of drug-likeness (QED) is 0.744. The molecular weight excluding hydrogens is 350 g/mol. The summed E-state index contributed by atoms with van der Waals surface area (Å²) in [7, 11) is -3.33. The Morgan fingerprint density at radius 2 is 2.04 bits per heavy atom. The van der Waals surface area contributed by atoms with Crippen LogP contribution in [0, 0.1) is 6.92 Å². The minimum absolute atomic E-state index is 0.00415. The van der Waals surface area contributed by atoms with E-state index < -0.39 is 10.0 Å². The number of piperidine rings is 1. The van der Waals surface area contributed by atoms with E-state index in [1.807, 2.05) is 37.4 Å². The van der Waals surface area contributed by atoms with Gasteiger partial charge in [-0.05, 0) is 38.8 Å². The second-order valence-electron chi connectivity index (χ2n) is 6.75. The number of imidazole rings is 1. The average molecular weight is 378 g/mol. The summed E-state index contributed by atoms with van der Waals surface area (Å²) in [5.41, 5.74) is 1.15. The van der Waals surface area contributed by atoms with E-state index in [0.29, 0.717) is 18.8 Å². The normalized spacial score (nSPS) is 18.8. The molecule has 1 aliphatic rings. The number of benzene rings is 1. The molecule has 0 aliphatic carbocycles. The van der Waals surface area contributed by atoms with Crippen LogP contribution < -0.4 is 4.74 Å². The van der Waals surface area contributed by atoms with E-state index in [4.69, 9.17) is 4.74 Å². The van der Waals surface area contributed by atoms with Crippen molar-refractivity contribution in [1.29, 1.82) is 0 Å². The van der Waals surface area contributed by atoms with Crippen LogP contribution >= 0.6 is 0 Å². The number of ether oxygens (including phenoxy) is 1. The van der Waals surface area contributed by atoms with E-state index in [0.717, 1.165) is 30.8 Å². The molecule has 0 N–H and O–H groups in total. The number of rotatable bonds is 7. The highest BCUT2D eigenvalue weighted by molar-refractivity contribution is 7.89. The third-order valence-corrected chi connectivity index (χ3v) is 6.66. The van der Waals surface area contributed by atoms with E-state index in [1.165, 1.54) is 0 Å². The maximum atomic E-state index is 12.7. The Bertz CT molecular complexity index is 815. The first-order chi connectivity index (χ1) is 12.5. The molecule has 2 heterocycles. The third kappa shape index (κ3) is 4.45. The minimum atomic E-state index is -3.33. The van der Waals surface area contributed by atoms with Gasteiger partial charge in [-0.1, -0.05) is 17.7 Å². The highest BCUT2D eigenvalue weighted by atomic mass is 32.2. The minimum Gasteiger partial charge on any atom is -0.492 e. The number of nitrogens with zero attached hydrogens (tertiary/aromatic N) is 3. The zero-order valence-electron chi connectivity index (χ0n) is 15.5. The first kappa shape index (κ1) is 18.9. The van der Waals surface area contributed by atoms with E-state index in [9.17, 15) is 8.42 Å². The summed E-state index contributed by atoms with van der Waals surface area (Å²) in [5, 5.41) is 0. The number of aromatic nitrogens is 2. The van der Waals surface area contributed by atoms with Crippen molar-refractivity contribution in [3.05, 3.63) is 48.0 Å². The Morgan fingerprint density at radius 3 is 2.77 bits per heavy atom. The topological polar surface area (TPSA) is 64.4 Å². The van der Waals surface area contributed by atoms with Gasteiger partial charge in [-0.25, -0.2) is 17.7 Å². The van der Waals surface area contributed by atoms with Gasteiger partial charge < -0.3 is 9.30 Å². The van der Waals surface area contributed by atoms with Crippen molar-refractivity contribution >= 4 is 10.0 Å². The zero-order chi connectivity index (χ0) is 18.6. The molecule has 1 aliphatic heterocycles. The van der Waals surface area contributed by atoms with E-state index in [-0.39, 0.29) is 18.3 Å². The molecule has 3 rings (SSSR count). The molecule has 0 amide bonds. The molecule has 0 bridgehead atoms. The van der Waals surface area contributed by atoms with Gasteiger partial charge in [-0.3, -0.25) is 0 Å². The van der Waals surface area contributed by atoms with Gasteiger partial charge in [-0.15, -0.1) is 0 Å². The van der Waals surface area contributed by atoms with Gasteiger partial charge in [0.15, 0.2) is 0 Å². The van der Waals surface area contributed by atoms with Gasteiger partial charge in [0.05, 0.1) is 5.75 Å². The van der Waals surface area contributed by atoms with Crippen LogP contribution in [0.3, 0.4) is 0 Å². The summed E-state index contributed by atoms with van der Waals surface area (Å²) in [6, 6.07) is 7.64. The first-order valence-electron chi connectivity index (χ1n) is 9.18. The van der Waals surface area contributed by atoms with Crippen LogP contribution in [0.1, 0.15) is 37.1 Å². The second-order valence-corrected chi connectivity index (χ2v) is 8.83. The molecule has 0 unspecified atom stereocenters. The predicted octanol–water partition coefficient (Wildman–Crippen LogP) is 2.80. The van der Waals surface area contributed by atoms with Crippen LogP contribution in [0.4, 0.5) is 0 Å². The fourth-order valence-corrected chi connectivity index (χ4v) is 4.75. The number of hydrogen-bond donors (Lipinski definition) is 0. The molecule has 6 nitrogen and oxygen atoms in total. The molecule has 0 spiro atoms. The Hall–Kier alpha value is -1.86. The largest absolute Gasteiger partial charge is 0.492 e. The van der Waals surface area contributed by atoms with Crippen LogP contribution in [0.2, 0.25) is 0 Å². The van der Waals surface area contributed by atoms with Gasteiger partial charge in [0, 0.05) is 37.9 Å². The van der Waals surface area contributed by atoms with Crippen molar-refractivity contribution in [2.45, 2.75) is 39.2 Å². The summed E-state index contributed by atoms with van der Waals surface area (Å²) in [5.74, 6) is 1.85. The van der Waals surface area contributed by atoms with E-state index >= 15 is 0 Å². The molecular formula is C19H27N3O3S. The van der Waals surface area contributed by atoms with E-state index in [1.54, 1.807) is 10.5 Å². The lowest BCUT2D eigenvalue weighted by atomic mass is 9.99. The molecule has 1 atom stereocenters. The molecule has 1 fully saturated rings. The Balaban J connectivity index is 1.58. The summed E-state index contributed by atoms with van der Waals surface area (Å²) in [6.07, 6.45) is 5.59. The zero-order valence-corrected chi connectivity index (χ0v) is 16.3. The van der Waals surface area contributed by atoms with Crippen molar-refractivity contribution in [1.82, 2.24) is 13.9 Å². The lowest BCUT2D eigenvalue weighted by Gasteiger charge is -2.31. The van der Waals surface area contributed by atoms with Crippen LogP contribution in [-0.2, 0) is 16.6 Å². The fourth-order valence-electron chi connectivity index (χ4n) is 3.38. The van der Waals surface area contributed by atoms with Gasteiger partial charge in [-0.2, -0.15) is 0 Å². The molecule has 142 valence electrons. The van der Waals surface area contributed by atoms with Crippen molar-refractivity contribution in [2.75, 3.05) is 25.4 Å². The molecule has 1 aromatic carbocycles. The molecule has 0 radical (unpaired) electrons. The Morgan fingerprint density at radius 1 is 1.27 bits per heavy atom. The van der Waals surface area contributed by atoms with Gasteiger partial charge in [0.25, 0.3) is 0 Å². The molecule has 1 saturated heterocycles. The summed E-state index contributed by atoms with van der Waals surface area (Å²) < 4.78 is 34.7. The van der Waals surface area contributed by atoms with Gasteiger partial charge in [0.2, 0.25) is 10.0 Å².